The van der Waals surface area contributed by atoms with Crippen LogP contribution in [0.1, 0.15) is 43.9 Å². The van der Waals surface area contributed by atoms with E-state index in [4.69, 9.17) is 0 Å². The summed E-state index contributed by atoms with van der Waals surface area (Å²) in [4.78, 5) is 19.6. The molecule has 0 aliphatic heterocycles. The molecule has 0 unspecified atom stereocenters. The van der Waals surface area contributed by atoms with E-state index >= 15 is 0 Å². The van der Waals surface area contributed by atoms with Crippen LogP contribution < -0.4 is 5.56 Å². The van der Waals surface area contributed by atoms with Crippen molar-refractivity contribution in [2.24, 2.45) is 5.92 Å². The van der Waals surface area contributed by atoms with Crippen molar-refractivity contribution >= 4 is 15.9 Å². The van der Waals surface area contributed by atoms with Gasteiger partial charge in [0.05, 0.1) is 5.69 Å². The largest absolute Gasteiger partial charge is 0.306 e. The van der Waals surface area contributed by atoms with Crippen molar-refractivity contribution < 1.29 is 0 Å². The molecule has 1 saturated carbocycles. The Balaban J connectivity index is 1.94. The first-order chi connectivity index (χ1) is 10.0. The molecule has 0 bridgehead atoms. The van der Waals surface area contributed by atoms with Crippen LogP contribution in [0.5, 0.6) is 0 Å². The summed E-state index contributed by atoms with van der Waals surface area (Å²) in [6.07, 6.45) is 3.32. The Morgan fingerprint density at radius 3 is 2.52 bits per heavy atom. The van der Waals surface area contributed by atoms with E-state index < -0.39 is 0 Å². The third-order valence-electron chi connectivity index (χ3n) is 3.72. The maximum absolute atomic E-state index is 12.0. The first kappa shape index (κ1) is 14.5. The molecule has 110 valence electrons. The van der Waals surface area contributed by atoms with Crippen molar-refractivity contribution in [2.75, 3.05) is 0 Å². The Bertz CT molecular complexity index is 700. The van der Waals surface area contributed by atoms with Gasteiger partial charge < -0.3 is 4.98 Å². The summed E-state index contributed by atoms with van der Waals surface area (Å²) >= 11 is 3.36. The smallest absolute Gasteiger partial charge is 0.265 e. The van der Waals surface area contributed by atoms with Gasteiger partial charge in [-0.2, -0.15) is 0 Å². The SMILES string of the molecule is CC(C)Cc1ccc(-c2nc(C3CC3)c(Br)c(=O)[nH]2)cc1. The van der Waals surface area contributed by atoms with E-state index in [0.717, 1.165) is 30.5 Å². The van der Waals surface area contributed by atoms with E-state index in [1.165, 1.54) is 5.56 Å². The van der Waals surface area contributed by atoms with Gasteiger partial charge in [0.2, 0.25) is 0 Å². The first-order valence-electron chi connectivity index (χ1n) is 7.43. The maximum atomic E-state index is 12.0. The molecule has 1 aromatic heterocycles. The summed E-state index contributed by atoms with van der Waals surface area (Å²) in [7, 11) is 0. The molecule has 1 aliphatic rings. The summed E-state index contributed by atoms with van der Waals surface area (Å²) in [5.74, 6) is 1.75. The number of nitrogens with one attached hydrogen (secondary N) is 1. The molecular weight excluding hydrogens is 328 g/mol. The normalized spacial score (nSPS) is 14.7. The van der Waals surface area contributed by atoms with Crippen molar-refractivity contribution in [3.05, 3.63) is 50.3 Å². The second kappa shape index (κ2) is 5.76. The minimum Gasteiger partial charge on any atom is -0.306 e. The monoisotopic (exact) mass is 346 g/mol. The molecule has 1 heterocycles. The van der Waals surface area contributed by atoms with Crippen LogP contribution in [0.4, 0.5) is 0 Å². The van der Waals surface area contributed by atoms with Crippen molar-refractivity contribution in [2.45, 2.75) is 39.0 Å². The van der Waals surface area contributed by atoms with Gasteiger partial charge in [0.1, 0.15) is 10.3 Å². The highest BCUT2D eigenvalue weighted by Gasteiger charge is 2.29. The molecule has 0 amide bonds. The van der Waals surface area contributed by atoms with Gasteiger partial charge >= 0.3 is 0 Å². The quantitative estimate of drug-likeness (QED) is 0.898. The predicted molar refractivity (Wildman–Crippen MR) is 88.5 cm³/mol. The van der Waals surface area contributed by atoms with Crippen LogP contribution in [-0.4, -0.2) is 9.97 Å². The minimum atomic E-state index is -0.0897. The van der Waals surface area contributed by atoms with E-state index in [1.807, 2.05) is 12.1 Å². The zero-order chi connectivity index (χ0) is 15.0. The van der Waals surface area contributed by atoms with E-state index in [-0.39, 0.29) is 5.56 Å². The zero-order valence-corrected chi connectivity index (χ0v) is 13.9. The molecule has 0 spiro atoms. The van der Waals surface area contributed by atoms with Crippen LogP contribution in [0.3, 0.4) is 0 Å². The van der Waals surface area contributed by atoms with Crippen LogP contribution in [0.15, 0.2) is 33.5 Å². The lowest BCUT2D eigenvalue weighted by atomic mass is 10.0. The third kappa shape index (κ3) is 3.26. The fourth-order valence-electron chi connectivity index (χ4n) is 2.51. The lowest BCUT2D eigenvalue weighted by molar-refractivity contribution is 0.647. The number of hydrogen-bond acceptors (Lipinski definition) is 2. The van der Waals surface area contributed by atoms with Gasteiger partial charge in [-0.15, -0.1) is 0 Å². The zero-order valence-electron chi connectivity index (χ0n) is 12.3. The van der Waals surface area contributed by atoms with Gasteiger partial charge in [-0.25, -0.2) is 4.98 Å². The van der Waals surface area contributed by atoms with E-state index in [0.29, 0.717) is 22.1 Å². The molecular formula is C17H19BrN2O. The Labute approximate surface area is 133 Å². The van der Waals surface area contributed by atoms with Gasteiger partial charge in [-0.1, -0.05) is 38.1 Å². The molecule has 1 aliphatic carbocycles. The number of H-pyrrole nitrogens is 1. The summed E-state index contributed by atoms with van der Waals surface area (Å²) < 4.78 is 0.588. The number of aromatic nitrogens is 2. The van der Waals surface area contributed by atoms with Crippen molar-refractivity contribution in [1.82, 2.24) is 9.97 Å². The van der Waals surface area contributed by atoms with Gasteiger partial charge in [-0.05, 0) is 46.7 Å². The Kier molecular flexibility index (Phi) is 3.98. The molecule has 2 aromatic rings. The van der Waals surface area contributed by atoms with E-state index in [9.17, 15) is 4.79 Å². The molecule has 0 radical (unpaired) electrons. The number of rotatable bonds is 4. The number of halogens is 1. The predicted octanol–water partition coefficient (Wildman–Crippen LogP) is 4.28. The van der Waals surface area contributed by atoms with Crippen LogP contribution in [0.2, 0.25) is 0 Å². The highest BCUT2D eigenvalue weighted by atomic mass is 79.9. The third-order valence-corrected chi connectivity index (χ3v) is 4.49. The maximum Gasteiger partial charge on any atom is 0.265 e. The molecule has 1 fully saturated rings. The van der Waals surface area contributed by atoms with Crippen molar-refractivity contribution in [1.29, 1.82) is 0 Å². The molecule has 3 nitrogen and oxygen atoms in total. The summed E-state index contributed by atoms with van der Waals surface area (Å²) in [5, 5.41) is 0. The lowest BCUT2D eigenvalue weighted by Crippen LogP contribution is -2.13. The Morgan fingerprint density at radius 2 is 1.95 bits per heavy atom. The van der Waals surface area contributed by atoms with Crippen molar-refractivity contribution in [3.8, 4) is 11.4 Å². The van der Waals surface area contributed by atoms with Crippen LogP contribution in [-0.2, 0) is 6.42 Å². The lowest BCUT2D eigenvalue weighted by Gasteiger charge is -2.08. The van der Waals surface area contributed by atoms with Crippen LogP contribution in [0, 0.1) is 5.92 Å². The molecule has 0 saturated heterocycles. The fourth-order valence-corrected chi connectivity index (χ4v) is 3.02. The van der Waals surface area contributed by atoms with Crippen LogP contribution in [0.25, 0.3) is 11.4 Å². The first-order valence-corrected chi connectivity index (χ1v) is 8.23. The molecule has 1 N–H and O–H groups in total. The average Bonchev–Trinajstić information content (AvgIpc) is 3.26. The fraction of sp³-hybridized carbons (Fsp3) is 0.412. The number of hydrogen-bond donors (Lipinski definition) is 1. The molecule has 0 atom stereocenters. The van der Waals surface area contributed by atoms with Gasteiger partial charge in [0.25, 0.3) is 5.56 Å². The molecule has 1 aromatic carbocycles. The average molecular weight is 347 g/mol. The second-order valence-electron chi connectivity index (χ2n) is 6.18. The second-order valence-corrected chi connectivity index (χ2v) is 6.98. The van der Waals surface area contributed by atoms with Gasteiger partial charge in [0, 0.05) is 11.5 Å². The summed E-state index contributed by atoms with van der Waals surface area (Å²) in [6.45, 7) is 4.42. The topological polar surface area (TPSA) is 45.8 Å². The van der Waals surface area contributed by atoms with Gasteiger partial charge in [-0.3, -0.25) is 4.79 Å². The standard InChI is InChI=1S/C17H19BrN2O/c1-10(2)9-11-3-5-13(6-4-11)16-19-15(12-7-8-12)14(18)17(21)20-16/h3-6,10,12H,7-9H2,1-2H3,(H,19,20,21). The van der Waals surface area contributed by atoms with E-state index in [1.54, 1.807) is 0 Å². The Morgan fingerprint density at radius 1 is 1.29 bits per heavy atom. The minimum absolute atomic E-state index is 0.0897. The summed E-state index contributed by atoms with van der Waals surface area (Å²) in [6, 6.07) is 8.32. The Hall–Kier alpha value is -1.42. The number of nitrogens with zero attached hydrogens (tertiary/aromatic N) is 1. The highest BCUT2D eigenvalue weighted by Crippen LogP contribution is 2.41. The van der Waals surface area contributed by atoms with E-state index in [2.05, 4.69) is 51.9 Å². The number of benzene rings is 1. The highest BCUT2D eigenvalue weighted by molar-refractivity contribution is 9.10. The van der Waals surface area contributed by atoms with Crippen LogP contribution >= 0.6 is 15.9 Å². The van der Waals surface area contributed by atoms with Gasteiger partial charge in [0.15, 0.2) is 0 Å². The number of aromatic amines is 1. The summed E-state index contributed by atoms with van der Waals surface area (Å²) in [5.41, 5.74) is 3.10. The molecule has 3 rings (SSSR count). The molecule has 4 heteroatoms. The molecule has 21 heavy (non-hydrogen) atoms. The van der Waals surface area contributed by atoms with Crippen molar-refractivity contribution in [3.63, 3.8) is 0 Å².